The maximum Gasteiger partial charge on any atom is 0.0448 e. The molecule has 1 N–H and O–H groups in total. The van der Waals surface area contributed by atoms with Crippen molar-refractivity contribution >= 4 is 22.7 Å². The van der Waals surface area contributed by atoms with Gasteiger partial charge in [-0.05, 0) is 48.1 Å². The quantitative estimate of drug-likeness (QED) is 0.713. The summed E-state index contributed by atoms with van der Waals surface area (Å²) < 4.78 is 0. The van der Waals surface area contributed by atoms with Gasteiger partial charge in [0.05, 0.1) is 0 Å². The Morgan fingerprint density at radius 3 is 2.30 bits per heavy atom. The van der Waals surface area contributed by atoms with Crippen LogP contribution in [0.2, 0.25) is 0 Å². The van der Waals surface area contributed by atoms with Crippen LogP contribution in [0.25, 0.3) is 0 Å². The molecular weight excluding hydrogens is 282 g/mol. The third-order valence-corrected chi connectivity index (χ3v) is 6.34. The third kappa shape index (κ3) is 3.16. The molecule has 0 amide bonds. The standard InChI is InChI=1S/C17H23NS2/c1-2-14(15-9-5-11-19-15)18-17(13-7-3-4-8-13)16-10-6-12-20-16/h5-6,9-14,17-18H,2-4,7-8H2,1H3. The first-order chi connectivity index (χ1) is 9.88. The zero-order valence-corrected chi connectivity index (χ0v) is 13.7. The van der Waals surface area contributed by atoms with Gasteiger partial charge >= 0.3 is 0 Å². The third-order valence-electron chi connectivity index (χ3n) is 4.40. The van der Waals surface area contributed by atoms with Gasteiger partial charge in [-0.3, -0.25) is 0 Å². The van der Waals surface area contributed by atoms with Crippen LogP contribution in [0.4, 0.5) is 0 Å². The molecule has 0 aliphatic heterocycles. The second-order valence-corrected chi connectivity index (χ2v) is 7.64. The van der Waals surface area contributed by atoms with Gasteiger partial charge in [-0.15, -0.1) is 22.7 Å². The molecule has 1 aliphatic carbocycles. The lowest BCUT2D eigenvalue weighted by molar-refractivity contribution is 0.332. The lowest BCUT2D eigenvalue weighted by atomic mass is 9.95. The fraction of sp³-hybridized carbons (Fsp3) is 0.529. The normalized spacial score (nSPS) is 19.2. The second-order valence-electron chi connectivity index (χ2n) is 5.68. The van der Waals surface area contributed by atoms with Gasteiger partial charge in [0.25, 0.3) is 0 Å². The second kappa shape index (κ2) is 6.88. The molecule has 1 aliphatic rings. The van der Waals surface area contributed by atoms with E-state index in [-0.39, 0.29) is 0 Å². The Bertz CT molecular complexity index is 483. The average molecular weight is 306 g/mol. The van der Waals surface area contributed by atoms with Crippen LogP contribution in [-0.2, 0) is 0 Å². The monoisotopic (exact) mass is 305 g/mol. The van der Waals surface area contributed by atoms with E-state index < -0.39 is 0 Å². The van der Waals surface area contributed by atoms with Gasteiger partial charge in [0, 0.05) is 21.8 Å². The predicted octanol–water partition coefficient (Wildman–Crippen LogP) is 5.78. The van der Waals surface area contributed by atoms with Crippen molar-refractivity contribution < 1.29 is 0 Å². The summed E-state index contributed by atoms with van der Waals surface area (Å²) in [4.78, 5) is 3.00. The molecule has 2 unspecified atom stereocenters. The van der Waals surface area contributed by atoms with Crippen molar-refractivity contribution in [1.29, 1.82) is 0 Å². The van der Waals surface area contributed by atoms with E-state index in [9.17, 15) is 0 Å². The molecule has 0 radical (unpaired) electrons. The molecule has 1 nitrogen and oxygen atoms in total. The Hall–Kier alpha value is -0.640. The van der Waals surface area contributed by atoms with Crippen LogP contribution >= 0.6 is 22.7 Å². The fourth-order valence-electron chi connectivity index (χ4n) is 3.32. The van der Waals surface area contributed by atoms with Crippen LogP contribution < -0.4 is 5.32 Å². The lowest BCUT2D eigenvalue weighted by Gasteiger charge is -2.28. The van der Waals surface area contributed by atoms with E-state index >= 15 is 0 Å². The molecule has 3 rings (SSSR count). The van der Waals surface area contributed by atoms with Gasteiger partial charge in [0.15, 0.2) is 0 Å². The SMILES string of the molecule is CCC(NC(c1cccs1)C1CCCC1)c1cccs1. The smallest absolute Gasteiger partial charge is 0.0448 e. The Morgan fingerprint density at radius 1 is 1.10 bits per heavy atom. The number of nitrogens with one attached hydrogen (secondary N) is 1. The summed E-state index contributed by atoms with van der Waals surface area (Å²) in [6.45, 7) is 2.29. The summed E-state index contributed by atoms with van der Waals surface area (Å²) in [5.41, 5.74) is 0. The summed E-state index contributed by atoms with van der Waals surface area (Å²) in [7, 11) is 0. The summed E-state index contributed by atoms with van der Waals surface area (Å²) >= 11 is 3.79. The van der Waals surface area contributed by atoms with E-state index in [1.165, 1.54) is 35.4 Å². The van der Waals surface area contributed by atoms with Gasteiger partial charge < -0.3 is 5.32 Å². The molecule has 2 heterocycles. The molecule has 0 aromatic carbocycles. The highest BCUT2D eigenvalue weighted by atomic mass is 32.1. The van der Waals surface area contributed by atoms with Crippen LogP contribution in [0, 0.1) is 5.92 Å². The Kier molecular flexibility index (Phi) is 4.92. The minimum Gasteiger partial charge on any atom is -0.301 e. The largest absolute Gasteiger partial charge is 0.301 e. The summed E-state index contributed by atoms with van der Waals surface area (Å²) in [6, 6.07) is 9.98. The van der Waals surface area contributed by atoms with Gasteiger partial charge in [0.2, 0.25) is 0 Å². The van der Waals surface area contributed by atoms with Crippen molar-refractivity contribution in [2.75, 3.05) is 0 Å². The van der Waals surface area contributed by atoms with E-state index in [0.29, 0.717) is 12.1 Å². The van der Waals surface area contributed by atoms with Gasteiger partial charge in [-0.2, -0.15) is 0 Å². The van der Waals surface area contributed by atoms with E-state index in [1.807, 2.05) is 22.7 Å². The molecule has 2 aromatic rings. The molecule has 0 spiro atoms. The highest BCUT2D eigenvalue weighted by Gasteiger charge is 2.29. The fourth-order valence-corrected chi connectivity index (χ4v) is 5.07. The van der Waals surface area contributed by atoms with Crippen LogP contribution in [0.1, 0.15) is 60.9 Å². The van der Waals surface area contributed by atoms with Crippen molar-refractivity contribution in [3.05, 3.63) is 44.8 Å². The van der Waals surface area contributed by atoms with E-state index in [0.717, 1.165) is 12.3 Å². The number of hydrogen-bond acceptors (Lipinski definition) is 3. The van der Waals surface area contributed by atoms with E-state index in [2.05, 4.69) is 47.3 Å². The summed E-state index contributed by atoms with van der Waals surface area (Å²) in [6.07, 6.45) is 6.75. The first-order valence-electron chi connectivity index (χ1n) is 7.71. The van der Waals surface area contributed by atoms with Crippen LogP contribution in [0.3, 0.4) is 0 Å². The number of rotatable bonds is 6. The van der Waals surface area contributed by atoms with E-state index in [4.69, 9.17) is 0 Å². The predicted molar refractivity (Wildman–Crippen MR) is 89.5 cm³/mol. The maximum absolute atomic E-state index is 3.97. The highest BCUT2D eigenvalue weighted by molar-refractivity contribution is 7.10. The average Bonchev–Trinajstić information content (AvgIpc) is 3.23. The van der Waals surface area contributed by atoms with Crippen molar-refractivity contribution in [3.63, 3.8) is 0 Å². The zero-order chi connectivity index (χ0) is 13.8. The van der Waals surface area contributed by atoms with Gasteiger partial charge in [-0.25, -0.2) is 0 Å². The number of hydrogen-bond donors (Lipinski definition) is 1. The first-order valence-corrected chi connectivity index (χ1v) is 9.47. The number of thiophene rings is 2. The summed E-state index contributed by atoms with van der Waals surface area (Å²) in [5, 5.41) is 8.37. The Morgan fingerprint density at radius 2 is 1.75 bits per heavy atom. The highest BCUT2D eigenvalue weighted by Crippen LogP contribution is 2.39. The minimum absolute atomic E-state index is 0.502. The van der Waals surface area contributed by atoms with Crippen molar-refractivity contribution in [2.24, 2.45) is 5.92 Å². The minimum atomic E-state index is 0.502. The van der Waals surface area contributed by atoms with Crippen LogP contribution in [0.15, 0.2) is 35.0 Å². The van der Waals surface area contributed by atoms with Crippen LogP contribution in [-0.4, -0.2) is 0 Å². The molecule has 20 heavy (non-hydrogen) atoms. The molecule has 108 valence electrons. The maximum atomic E-state index is 3.97. The van der Waals surface area contributed by atoms with Crippen LogP contribution in [0.5, 0.6) is 0 Å². The van der Waals surface area contributed by atoms with E-state index in [1.54, 1.807) is 0 Å². The molecule has 2 aromatic heterocycles. The first kappa shape index (κ1) is 14.3. The Balaban J connectivity index is 1.78. The summed E-state index contributed by atoms with van der Waals surface area (Å²) in [5.74, 6) is 0.822. The lowest BCUT2D eigenvalue weighted by Crippen LogP contribution is -2.29. The van der Waals surface area contributed by atoms with Crippen molar-refractivity contribution in [3.8, 4) is 0 Å². The molecule has 0 saturated heterocycles. The van der Waals surface area contributed by atoms with Crippen molar-refractivity contribution in [2.45, 2.75) is 51.1 Å². The zero-order valence-electron chi connectivity index (χ0n) is 12.0. The van der Waals surface area contributed by atoms with Gasteiger partial charge in [-0.1, -0.05) is 31.9 Å². The van der Waals surface area contributed by atoms with Crippen molar-refractivity contribution in [1.82, 2.24) is 5.32 Å². The molecule has 3 heteroatoms. The topological polar surface area (TPSA) is 12.0 Å². The molecule has 2 atom stereocenters. The molecule has 1 saturated carbocycles. The molecule has 0 bridgehead atoms. The molecule has 1 fully saturated rings. The molecular formula is C17H23NS2. The van der Waals surface area contributed by atoms with Gasteiger partial charge in [0.1, 0.15) is 0 Å². The Labute approximate surface area is 130 Å².